The van der Waals surface area contributed by atoms with Crippen LogP contribution in [0.1, 0.15) is 50.5 Å². The zero-order valence-electron chi connectivity index (χ0n) is 16.9. The number of unbranched alkanes of at least 4 members (excludes halogenated alkanes) is 1. The van der Waals surface area contributed by atoms with Crippen LogP contribution in [0.5, 0.6) is 11.5 Å². The van der Waals surface area contributed by atoms with Crippen molar-refractivity contribution in [3.63, 3.8) is 0 Å². The quantitative estimate of drug-likeness (QED) is 0.481. The monoisotopic (exact) mass is 415 g/mol. The van der Waals surface area contributed by atoms with Gasteiger partial charge in [-0.1, -0.05) is 19.9 Å². The minimum atomic E-state index is -0.635. The second-order valence-corrected chi connectivity index (χ2v) is 7.70. The number of hydrogen-bond donors (Lipinski definition) is 1. The number of carbonyl (C=O) groups excluding carboxylic acids is 3. The Morgan fingerprint density at radius 3 is 2.34 bits per heavy atom. The predicted molar refractivity (Wildman–Crippen MR) is 114 cm³/mol. The lowest BCUT2D eigenvalue weighted by Gasteiger charge is -2.16. The number of hydrogen-bond acceptors (Lipinski definition) is 6. The van der Waals surface area contributed by atoms with Crippen LogP contribution in [0, 0.1) is 0 Å². The summed E-state index contributed by atoms with van der Waals surface area (Å²) in [6.07, 6.45) is 2.82. The second kappa shape index (κ2) is 10.0. The first kappa shape index (κ1) is 22.4. The van der Waals surface area contributed by atoms with Gasteiger partial charge in [0.15, 0.2) is 0 Å². The number of esters is 2. The maximum Gasteiger partial charge on any atom is 0.308 e. The maximum atomic E-state index is 11.7. The first-order valence-corrected chi connectivity index (χ1v) is 10.1. The Balaban J connectivity index is 2.57. The third-order valence-electron chi connectivity index (χ3n) is 4.12. The summed E-state index contributed by atoms with van der Waals surface area (Å²) >= 11 is 1.52. The van der Waals surface area contributed by atoms with E-state index in [0.717, 1.165) is 34.6 Å². The van der Waals surface area contributed by atoms with Gasteiger partial charge in [-0.3, -0.25) is 14.4 Å². The predicted octanol–water partition coefficient (Wildman–Crippen LogP) is 4.50. The Bertz CT molecular complexity index is 945. The summed E-state index contributed by atoms with van der Waals surface area (Å²) < 4.78 is 10.6. The van der Waals surface area contributed by atoms with E-state index in [0.29, 0.717) is 5.56 Å². The fraction of sp³-hybridized carbons (Fsp3) is 0.318. The minimum absolute atomic E-state index is 0.139. The Morgan fingerprint density at radius 2 is 1.76 bits per heavy atom. The number of nitrogens with two attached hydrogens (primary N) is 1. The molecule has 0 spiro atoms. The number of benzene rings is 1. The molecule has 29 heavy (non-hydrogen) atoms. The number of primary amides is 1. The Labute approximate surface area is 174 Å². The van der Waals surface area contributed by atoms with Crippen molar-refractivity contribution in [2.45, 2.75) is 46.5 Å². The van der Waals surface area contributed by atoms with Crippen LogP contribution in [0.4, 0.5) is 0 Å². The fourth-order valence-electron chi connectivity index (χ4n) is 2.84. The molecule has 2 aromatic rings. The van der Waals surface area contributed by atoms with Gasteiger partial charge in [-0.2, -0.15) is 0 Å². The van der Waals surface area contributed by atoms with Gasteiger partial charge in [0.25, 0.3) is 0 Å². The normalized spacial score (nSPS) is 10.4. The van der Waals surface area contributed by atoms with Crippen molar-refractivity contribution < 1.29 is 23.9 Å². The van der Waals surface area contributed by atoms with Crippen molar-refractivity contribution in [2.75, 3.05) is 0 Å². The molecule has 1 amide bonds. The molecule has 0 aliphatic carbocycles. The zero-order chi connectivity index (χ0) is 21.6. The van der Waals surface area contributed by atoms with Gasteiger partial charge in [-0.15, -0.1) is 11.3 Å². The molecule has 0 atom stereocenters. The number of ether oxygens (including phenoxy) is 2. The summed E-state index contributed by atoms with van der Waals surface area (Å²) in [5.41, 5.74) is 7.30. The third kappa shape index (κ3) is 6.02. The lowest BCUT2D eigenvalue weighted by atomic mass is 10.0. The average molecular weight is 416 g/mol. The molecule has 154 valence electrons. The molecular formula is C22H25NO5S. The number of amides is 1. The van der Waals surface area contributed by atoms with Crippen LogP contribution in [0.2, 0.25) is 0 Å². The first-order valence-electron chi connectivity index (χ1n) is 9.32. The molecule has 0 aliphatic heterocycles. The highest BCUT2D eigenvalue weighted by molar-refractivity contribution is 7.16. The number of thiophene rings is 1. The van der Waals surface area contributed by atoms with Crippen LogP contribution in [0.25, 0.3) is 16.0 Å². The van der Waals surface area contributed by atoms with E-state index in [2.05, 4.69) is 13.5 Å². The lowest BCUT2D eigenvalue weighted by Crippen LogP contribution is -2.17. The maximum absolute atomic E-state index is 11.7. The standard InChI is InChI=1S/C22H25NO5S/c1-5-6-7-13(2)19-10-11-20(29-19)16-8-9-18(27-14(3)24)17(12-21(23)26)22(16)28-15(4)25/h8-11H,2,5-7,12H2,1,3-4H3,(H2,23,26). The van der Waals surface area contributed by atoms with E-state index >= 15 is 0 Å². The van der Waals surface area contributed by atoms with Gasteiger partial charge >= 0.3 is 11.9 Å². The molecule has 7 heteroatoms. The topological polar surface area (TPSA) is 95.7 Å². The van der Waals surface area contributed by atoms with Crippen LogP contribution in [0.3, 0.4) is 0 Å². The highest BCUT2D eigenvalue weighted by Crippen LogP contribution is 2.43. The third-order valence-corrected chi connectivity index (χ3v) is 5.34. The van der Waals surface area contributed by atoms with Gasteiger partial charge in [0.05, 0.1) is 6.42 Å². The summed E-state index contributed by atoms with van der Waals surface area (Å²) in [5.74, 6) is -1.43. The summed E-state index contributed by atoms with van der Waals surface area (Å²) in [5, 5.41) is 0. The van der Waals surface area contributed by atoms with Gasteiger partial charge in [-0.25, -0.2) is 0 Å². The van der Waals surface area contributed by atoms with Crippen molar-refractivity contribution in [1.82, 2.24) is 0 Å². The van der Waals surface area contributed by atoms with E-state index in [1.54, 1.807) is 12.1 Å². The largest absolute Gasteiger partial charge is 0.426 e. The number of rotatable bonds is 9. The number of allylic oxidation sites excluding steroid dienone is 1. The van der Waals surface area contributed by atoms with Crippen LogP contribution < -0.4 is 15.2 Å². The highest BCUT2D eigenvalue weighted by Gasteiger charge is 2.22. The minimum Gasteiger partial charge on any atom is -0.426 e. The molecule has 6 nitrogen and oxygen atoms in total. The summed E-state index contributed by atoms with van der Waals surface area (Å²) in [7, 11) is 0. The van der Waals surface area contributed by atoms with Crippen molar-refractivity contribution in [3.05, 3.63) is 41.3 Å². The molecule has 0 fully saturated rings. The molecule has 0 aliphatic rings. The van der Waals surface area contributed by atoms with E-state index in [1.165, 1.54) is 25.2 Å². The van der Waals surface area contributed by atoms with Crippen LogP contribution >= 0.6 is 11.3 Å². The SMILES string of the molecule is C=C(CCCC)c1ccc(-c2ccc(OC(C)=O)c(CC(N)=O)c2OC(C)=O)s1. The summed E-state index contributed by atoms with van der Waals surface area (Å²) in [6, 6.07) is 7.17. The molecule has 0 radical (unpaired) electrons. The number of carbonyl (C=O) groups is 3. The van der Waals surface area contributed by atoms with E-state index in [-0.39, 0.29) is 23.5 Å². The molecule has 1 heterocycles. The van der Waals surface area contributed by atoms with Crippen molar-refractivity contribution in [1.29, 1.82) is 0 Å². The van der Waals surface area contributed by atoms with Gasteiger partial charge in [0.2, 0.25) is 5.91 Å². The smallest absolute Gasteiger partial charge is 0.308 e. The van der Waals surface area contributed by atoms with E-state index in [4.69, 9.17) is 15.2 Å². The summed E-state index contributed by atoms with van der Waals surface area (Å²) in [6.45, 7) is 8.80. The molecule has 0 unspecified atom stereocenters. The first-order chi connectivity index (χ1) is 13.7. The average Bonchev–Trinajstić information content (AvgIpc) is 3.11. The van der Waals surface area contributed by atoms with E-state index < -0.39 is 17.8 Å². The summed E-state index contributed by atoms with van der Waals surface area (Å²) in [4.78, 5) is 36.7. The van der Waals surface area contributed by atoms with Gasteiger partial charge in [-0.05, 0) is 42.7 Å². The van der Waals surface area contributed by atoms with Crippen molar-refractivity contribution in [3.8, 4) is 21.9 Å². The molecule has 1 aromatic heterocycles. The van der Waals surface area contributed by atoms with Crippen LogP contribution in [-0.2, 0) is 20.8 Å². The molecule has 1 aromatic carbocycles. The van der Waals surface area contributed by atoms with E-state index in [9.17, 15) is 14.4 Å². The zero-order valence-corrected chi connectivity index (χ0v) is 17.7. The van der Waals surface area contributed by atoms with Crippen molar-refractivity contribution >= 4 is 34.8 Å². The Kier molecular flexibility index (Phi) is 7.73. The molecule has 0 saturated carbocycles. The second-order valence-electron chi connectivity index (χ2n) is 6.62. The van der Waals surface area contributed by atoms with Crippen LogP contribution in [-0.4, -0.2) is 17.8 Å². The lowest BCUT2D eigenvalue weighted by molar-refractivity contribution is -0.132. The van der Waals surface area contributed by atoms with Gasteiger partial charge < -0.3 is 15.2 Å². The molecular weight excluding hydrogens is 390 g/mol. The fourth-order valence-corrected chi connectivity index (χ4v) is 3.87. The van der Waals surface area contributed by atoms with Gasteiger partial charge in [0.1, 0.15) is 11.5 Å². The van der Waals surface area contributed by atoms with Gasteiger partial charge in [0, 0.05) is 34.7 Å². The Hall–Kier alpha value is -2.93. The molecule has 2 rings (SSSR count). The van der Waals surface area contributed by atoms with E-state index in [1.807, 2.05) is 12.1 Å². The Morgan fingerprint density at radius 1 is 1.07 bits per heavy atom. The molecule has 0 bridgehead atoms. The molecule has 2 N–H and O–H groups in total. The molecule has 0 saturated heterocycles. The van der Waals surface area contributed by atoms with Crippen molar-refractivity contribution in [2.24, 2.45) is 5.73 Å². The highest BCUT2D eigenvalue weighted by atomic mass is 32.1. The van der Waals surface area contributed by atoms with Crippen LogP contribution in [0.15, 0.2) is 30.8 Å².